The number of hydrogen-bond acceptors (Lipinski definition) is 5. The number of nitrogens with two attached hydrogens (primary N) is 1. The number of amides is 2. The Labute approximate surface area is 159 Å². The Kier molecular flexibility index (Phi) is 6.03. The highest BCUT2D eigenvalue weighted by Gasteiger charge is 2.23. The van der Waals surface area contributed by atoms with Gasteiger partial charge in [-0.3, -0.25) is 14.5 Å². The van der Waals surface area contributed by atoms with Gasteiger partial charge in [-0.2, -0.15) is 0 Å². The molecule has 1 aromatic carbocycles. The van der Waals surface area contributed by atoms with E-state index in [1.807, 2.05) is 24.3 Å². The fourth-order valence-electron chi connectivity index (χ4n) is 3.26. The Morgan fingerprint density at radius 1 is 1.22 bits per heavy atom. The van der Waals surface area contributed by atoms with E-state index < -0.39 is 0 Å². The highest BCUT2D eigenvalue weighted by Crippen LogP contribution is 2.19. The molecule has 1 saturated heterocycles. The average Bonchev–Trinajstić information content (AvgIpc) is 2.69. The zero-order chi connectivity index (χ0) is 19.2. The van der Waals surface area contributed by atoms with Crippen LogP contribution in [0.2, 0.25) is 0 Å². The zero-order valence-corrected chi connectivity index (χ0v) is 15.4. The summed E-state index contributed by atoms with van der Waals surface area (Å²) >= 11 is 0. The third kappa shape index (κ3) is 5.04. The Morgan fingerprint density at radius 2 is 2.00 bits per heavy atom. The molecule has 2 amide bonds. The number of rotatable bonds is 6. The SMILES string of the molecule is CNc1ccc(C(=O)Nc2ccc(CN3CCCC(C(N)=O)C3)cc2)cn1. The molecule has 1 fully saturated rings. The van der Waals surface area contributed by atoms with Gasteiger partial charge in [0.2, 0.25) is 5.91 Å². The number of pyridine rings is 1. The molecule has 0 saturated carbocycles. The molecule has 2 aromatic rings. The minimum atomic E-state index is -0.213. The maximum atomic E-state index is 12.3. The summed E-state index contributed by atoms with van der Waals surface area (Å²) in [6, 6.07) is 11.2. The molecule has 1 aromatic heterocycles. The highest BCUT2D eigenvalue weighted by molar-refractivity contribution is 6.04. The van der Waals surface area contributed by atoms with Gasteiger partial charge in [0, 0.05) is 32.0 Å². The smallest absolute Gasteiger partial charge is 0.257 e. The first-order chi connectivity index (χ1) is 13.0. The lowest BCUT2D eigenvalue weighted by molar-refractivity contribution is -0.123. The number of carbonyl (C=O) groups excluding carboxylic acids is 2. The molecule has 0 bridgehead atoms. The molecule has 1 aliphatic heterocycles. The number of piperidine rings is 1. The van der Waals surface area contributed by atoms with Gasteiger partial charge in [-0.15, -0.1) is 0 Å². The molecule has 7 nitrogen and oxygen atoms in total. The van der Waals surface area contributed by atoms with Gasteiger partial charge in [0.25, 0.3) is 5.91 Å². The quantitative estimate of drug-likeness (QED) is 0.726. The molecule has 1 unspecified atom stereocenters. The van der Waals surface area contributed by atoms with Crippen molar-refractivity contribution in [2.24, 2.45) is 11.7 Å². The van der Waals surface area contributed by atoms with E-state index in [9.17, 15) is 9.59 Å². The molecule has 2 heterocycles. The number of anilines is 2. The molecular formula is C20H25N5O2. The number of nitrogens with one attached hydrogen (secondary N) is 2. The highest BCUT2D eigenvalue weighted by atomic mass is 16.2. The lowest BCUT2D eigenvalue weighted by Gasteiger charge is -2.31. The van der Waals surface area contributed by atoms with E-state index >= 15 is 0 Å². The van der Waals surface area contributed by atoms with Crippen LogP contribution >= 0.6 is 0 Å². The van der Waals surface area contributed by atoms with Gasteiger partial charge in [-0.05, 0) is 49.2 Å². The van der Waals surface area contributed by atoms with E-state index in [0.29, 0.717) is 17.9 Å². The van der Waals surface area contributed by atoms with Crippen molar-refractivity contribution >= 4 is 23.3 Å². The Hall–Kier alpha value is -2.93. The average molecular weight is 367 g/mol. The molecule has 1 atom stereocenters. The van der Waals surface area contributed by atoms with Crippen LogP contribution in [0, 0.1) is 5.92 Å². The van der Waals surface area contributed by atoms with E-state index in [0.717, 1.165) is 37.2 Å². The zero-order valence-electron chi connectivity index (χ0n) is 15.4. The largest absolute Gasteiger partial charge is 0.373 e. The van der Waals surface area contributed by atoms with E-state index in [-0.39, 0.29) is 17.7 Å². The molecular weight excluding hydrogens is 342 g/mol. The second-order valence-electron chi connectivity index (χ2n) is 6.81. The summed E-state index contributed by atoms with van der Waals surface area (Å²) in [5.41, 5.74) is 7.81. The fraction of sp³-hybridized carbons (Fsp3) is 0.350. The predicted molar refractivity (Wildman–Crippen MR) is 105 cm³/mol. The van der Waals surface area contributed by atoms with Crippen molar-refractivity contribution in [3.05, 3.63) is 53.7 Å². The summed E-state index contributed by atoms with van der Waals surface area (Å²) in [6.07, 6.45) is 3.41. The van der Waals surface area contributed by atoms with Gasteiger partial charge in [0.1, 0.15) is 5.82 Å². The number of benzene rings is 1. The van der Waals surface area contributed by atoms with Gasteiger partial charge in [-0.25, -0.2) is 4.98 Å². The standard InChI is InChI=1S/C20H25N5O2/c1-22-18-9-6-15(11-23-18)20(27)24-17-7-4-14(5-8-17)12-25-10-2-3-16(13-25)19(21)26/h4-9,11,16H,2-3,10,12-13H2,1H3,(H2,21,26)(H,22,23)(H,24,27). The second kappa shape index (κ2) is 8.64. The molecule has 7 heteroatoms. The van der Waals surface area contributed by atoms with Crippen molar-refractivity contribution < 1.29 is 9.59 Å². The lowest BCUT2D eigenvalue weighted by Crippen LogP contribution is -2.40. The third-order valence-electron chi connectivity index (χ3n) is 4.81. The number of hydrogen-bond donors (Lipinski definition) is 3. The maximum absolute atomic E-state index is 12.3. The summed E-state index contributed by atoms with van der Waals surface area (Å²) in [5, 5.41) is 5.79. The minimum Gasteiger partial charge on any atom is -0.373 e. The Balaban J connectivity index is 1.56. The van der Waals surface area contributed by atoms with Gasteiger partial charge in [-0.1, -0.05) is 12.1 Å². The maximum Gasteiger partial charge on any atom is 0.257 e. The second-order valence-corrected chi connectivity index (χ2v) is 6.81. The van der Waals surface area contributed by atoms with Crippen molar-refractivity contribution in [3.63, 3.8) is 0 Å². The molecule has 0 radical (unpaired) electrons. The summed E-state index contributed by atoms with van der Waals surface area (Å²) < 4.78 is 0. The van der Waals surface area contributed by atoms with E-state index in [1.165, 1.54) is 0 Å². The topological polar surface area (TPSA) is 100 Å². The minimum absolute atomic E-state index is 0.0554. The number of primary amides is 1. The van der Waals surface area contributed by atoms with Crippen LogP contribution in [0.15, 0.2) is 42.6 Å². The van der Waals surface area contributed by atoms with E-state index in [2.05, 4.69) is 20.5 Å². The Bertz CT molecular complexity index is 789. The van der Waals surface area contributed by atoms with Crippen LogP contribution < -0.4 is 16.4 Å². The summed E-state index contributed by atoms with van der Waals surface area (Å²) in [6.45, 7) is 2.45. The first kappa shape index (κ1) is 18.8. The summed E-state index contributed by atoms with van der Waals surface area (Å²) in [5.74, 6) is 0.251. The van der Waals surface area contributed by atoms with Crippen LogP contribution in [-0.4, -0.2) is 41.8 Å². The monoisotopic (exact) mass is 367 g/mol. The predicted octanol–water partition coefficient (Wildman–Crippen LogP) is 2.07. The van der Waals surface area contributed by atoms with E-state index in [1.54, 1.807) is 25.4 Å². The van der Waals surface area contributed by atoms with Gasteiger partial charge >= 0.3 is 0 Å². The van der Waals surface area contributed by atoms with Gasteiger partial charge < -0.3 is 16.4 Å². The van der Waals surface area contributed by atoms with Crippen LogP contribution in [0.25, 0.3) is 0 Å². The third-order valence-corrected chi connectivity index (χ3v) is 4.81. The molecule has 4 N–H and O–H groups in total. The number of carbonyl (C=O) groups is 2. The van der Waals surface area contributed by atoms with Crippen molar-refractivity contribution in [1.82, 2.24) is 9.88 Å². The van der Waals surface area contributed by atoms with Crippen LogP contribution in [0.4, 0.5) is 11.5 Å². The first-order valence-electron chi connectivity index (χ1n) is 9.11. The molecule has 0 spiro atoms. The molecule has 3 rings (SSSR count). The van der Waals surface area contributed by atoms with Crippen molar-refractivity contribution in [1.29, 1.82) is 0 Å². The van der Waals surface area contributed by atoms with Crippen molar-refractivity contribution in [3.8, 4) is 0 Å². The van der Waals surface area contributed by atoms with Crippen molar-refractivity contribution in [2.75, 3.05) is 30.8 Å². The Morgan fingerprint density at radius 3 is 2.63 bits per heavy atom. The van der Waals surface area contributed by atoms with E-state index in [4.69, 9.17) is 5.73 Å². The number of likely N-dealkylation sites (tertiary alicyclic amines) is 1. The van der Waals surface area contributed by atoms with Gasteiger partial charge in [0.15, 0.2) is 0 Å². The van der Waals surface area contributed by atoms with Crippen LogP contribution in [0.1, 0.15) is 28.8 Å². The van der Waals surface area contributed by atoms with Crippen molar-refractivity contribution in [2.45, 2.75) is 19.4 Å². The number of aromatic nitrogens is 1. The first-order valence-corrected chi connectivity index (χ1v) is 9.11. The molecule has 0 aliphatic carbocycles. The fourth-order valence-corrected chi connectivity index (χ4v) is 3.26. The van der Waals surface area contributed by atoms with Crippen LogP contribution in [-0.2, 0) is 11.3 Å². The van der Waals surface area contributed by atoms with Gasteiger partial charge in [0.05, 0.1) is 11.5 Å². The van der Waals surface area contributed by atoms with Crippen LogP contribution in [0.3, 0.4) is 0 Å². The lowest BCUT2D eigenvalue weighted by atomic mass is 9.97. The summed E-state index contributed by atoms with van der Waals surface area (Å²) in [7, 11) is 1.78. The van der Waals surface area contributed by atoms with Crippen LogP contribution in [0.5, 0.6) is 0 Å². The molecule has 142 valence electrons. The molecule has 27 heavy (non-hydrogen) atoms. The molecule has 1 aliphatic rings. The normalized spacial score (nSPS) is 17.3. The number of nitrogens with zero attached hydrogens (tertiary/aromatic N) is 2. The summed E-state index contributed by atoms with van der Waals surface area (Å²) in [4.78, 5) is 30.1.